The van der Waals surface area contributed by atoms with Gasteiger partial charge in [0.15, 0.2) is 0 Å². The average Bonchev–Trinajstić information content (AvgIpc) is 2.96. The number of hydrogen-bond donors (Lipinski definition) is 0. The predicted molar refractivity (Wildman–Crippen MR) is 105 cm³/mol. The fourth-order valence-electron chi connectivity index (χ4n) is 4.56. The third kappa shape index (κ3) is 3.17. The summed E-state index contributed by atoms with van der Waals surface area (Å²) < 4.78 is 13.8. The fourth-order valence-corrected chi connectivity index (χ4v) is 4.74. The number of halogens is 2. The number of benzene rings is 2. The molecule has 1 aliphatic heterocycles. The Morgan fingerprint density at radius 3 is 2.62 bits per heavy atom. The molecule has 0 amide bonds. The maximum atomic E-state index is 13.8. The average molecular weight is 373 g/mol. The lowest BCUT2D eigenvalue weighted by Crippen LogP contribution is -2.58. The Bertz CT molecular complexity index is 820. The molecule has 0 radical (unpaired) electrons. The highest BCUT2D eigenvalue weighted by molar-refractivity contribution is 6.30. The third-order valence-electron chi connectivity index (χ3n) is 6.28. The molecule has 4 heteroatoms. The molecule has 0 spiro atoms. The van der Waals surface area contributed by atoms with Crippen LogP contribution < -0.4 is 0 Å². The van der Waals surface area contributed by atoms with Crippen molar-refractivity contribution in [3.05, 3.63) is 70.0 Å². The van der Waals surface area contributed by atoms with E-state index in [2.05, 4.69) is 42.8 Å². The normalized spacial score (nSPS) is 26.0. The summed E-state index contributed by atoms with van der Waals surface area (Å²) in [5, 5.41) is 0.780. The molecule has 2 nitrogen and oxygen atoms in total. The van der Waals surface area contributed by atoms with Crippen LogP contribution in [0.1, 0.15) is 48.9 Å². The Kier molecular flexibility index (Phi) is 4.58. The first-order valence-corrected chi connectivity index (χ1v) is 9.73. The number of hydrogen-bond acceptors (Lipinski definition) is 2. The molecule has 4 rings (SSSR count). The maximum absolute atomic E-state index is 13.8. The van der Waals surface area contributed by atoms with Crippen LogP contribution in [0.2, 0.25) is 5.02 Å². The predicted octanol–water partition coefficient (Wildman–Crippen LogP) is 5.08. The topological polar surface area (TPSA) is 6.48 Å². The molecule has 2 atom stereocenters. The van der Waals surface area contributed by atoms with Gasteiger partial charge in [0, 0.05) is 42.2 Å². The highest BCUT2D eigenvalue weighted by atomic mass is 35.5. The lowest BCUT2D eigenvalue weighted by atomic mass is 9.93. The lowest BCUT2D eigenvalue weighted by Gasteiger charge is -2.47. The van der Waals surface area contributed by atoms with Crippen molar-refractivity contribution >= 4 is 11.6 Å². The van der Waals surface area contributed by atoms with E-state index in [1.165, 1.54) is 17.2 Å². The Hall–Kier alpha value is -1.42. The molecule has 0 bridgehead atoms. The second-order valence-corrected chi connectivity index (χ2v) is 8.77. The van der Waals surface area contributed by atoms with Crippen LogP contribution in [0.3, 0.4) is 0 Å². The molecule has 138 valence electrons. The zero-order chi connectivity index (χ0) is 18.5. The largest absolute Gasteiger partial charge is 0.299 e. The van der Waals surface area contributed by atoms with Gasteiger partial charge in [-0.15, -0.1) is 0 Å². The minimum atomic E-state index is -0.165. The summed E-state index contributed by atoms with van der Waals surface area (Å²) in [4.78, 5) is 5.02. The quantitative estimate of drug-likeness (QED) is 0.725. The van der Waals surface area contributed by atoms with Crippen LogP contribution in [0.25, 0.3) is 0 Å². The first kappa shape index (κ1) is 18.0. The van der Waals surface area contributed by atoms with Crippen molar-refractivity contribution in [2.24, 2.45) is 0 Å². The van der Waals surface area contributed by atoms with Crippen molar-refractivity contribution in [1.29, 1.82) is 0 Å². The standard InChI is InChI=1S/C22H26ClFN2/c1-22(2)14-26(10-9-25(22)3)21-13-19(15-5-4-6-17(24)11-15)18-8-7-16(23)12-20(18)21/h4-8,11-12,19,21H,9-10,13-14H2,1-3H3. The van der Waals surface area contributed by atoms with Crippen molar-refractivity contribution in [1.82, 2.24) is 9.80 Å². The van der Waals surface area contributed by atoms with Gasteiger partial charge in [0.2, 0.25) is 0 Å². The van der Waals surface area contributed by atoms with Gasteiger partial charge in [0.25, 0.3) is 0 Å². The van der Waals surface area contributed by atoms with Gasteiger partial charge in [0.1, 0.15) is 5.82 Å². The summed E-state index contributed by atoms with van der Waals surface area (Å²) in [7, 11) is 2.20. The molecular weight excluding hydrogens is 347 g/mol. The van der Waals surface area contributed by atoms with E-state index in [-0.39, 0.29) is 17.3 Å². The number of likely N-dealkylation sites (N-methyl/N-ethyl adjacent to an activating group) is 1. The van der Waals surface area contributed by atoms with Crippen molar-refractivity contribution < 1.29 is 4.39 Å². The van der Waals surface area contributed by atoms with Crippen molar-refractivity contribution in [2.75, 3.05) is 26.7 Å². The Balaban J connectivity index is 1.71. The van der Waals surface area contributed by atoms with E-state index in [9.17, 15) is 4.39 Å². The van der Waals surface area contributed by atoms with Gasteiger partial charge in [-0.1, -0.05) is 29.8 Å². The summed E-state index contributed by atoms with van der Waals surface area (Å²) in [6.45, 7) is 7.74. The van der Waals surface area contributed by atoms with Crippen LogP contribution in [0, 0.1) is 5.82 Å². The minimum Gasteiger partial charge on any atom is -0.299 e. The van der Waals surface area contributed by atoms with Crippen LogP contribution >= 0.6 is 11.6 Å². The van der Waals surface area contributed by atoms with E-state index in [0.717, 1.165) is 36.6 Å². The van der Waals surface area contributed by atoms with E-state index in [0.29, 0.717) is 6.04 Å². The molecule has 1 saturated heterocycles. The van der Waals surface area contributed by atoms with Crippen molar-refractivity contribution in [3.8, 4) is 0 Å². The van der Waals surface area contributed by atoms with E-state index >= 15 is 0 Å². The van der Waals surface area contributed by atoms with Gasteiger partial charge >= 0.3 is 0 Å². The summed E-state index contributed by atoms with van der Waals surface area (Å²) >= 11 is 6.34. The van der Waals surface area contributed by atoms with E-state index < -0.39 is 0 Å². The third-order valence-corrected chi connectivity index (χ3v) is 6.52. The summed E-state index contributed by atoms with van der Waals surface area (Å²) in [6, 6.07) is 13.6. The number of fused-ring (bicyclic) bond motifs is 1. The molecule has 0 aromatic heterocycles. The molecule has 1 aliphatic carbocycles. The number of rotatable bonds is 2. The van der Waals surface area contributed by atoms with Gasteiger partial charge < -0.3 is 0 Å². The zero-order valence-electron chi connectivity index (χ0n) is 15.7. The molecule has 0 saturated carbocycles. The molecule has 2 aliphatic rings. The van der Waals surface area contributed by atoms with E-state index in [1.54, 1.807) is 6.07 Å². The summed E-state index contributed by atoms with van der Waals surface area (Å²) in [5.74, 6) is 0.0629. The van der Waals surface area contributed by atoms with Crippen molar-refractivity contribution in [2.45, 2.75) is 37.8 Å². The van der Waals surface area contributed by atoms with Crippen LogP contribution in [0.5, 0.6) is 0 Å². The first-order valence-electron chi connectivity index (χ1n) is 9.35. The van der Waals surface area contributed by atoms with Gasteiger partial charge in [-0.3, -0.25) is 9.80 Å². The van der Waals surface area contributed by atoms with E-state index in [4.69, 9.17) is 11.6 Å². The zero-order valence-corrected chi connectivity index (χ0v) is 16.4. The highest BCUT2D eigenvalue weighted by Crippen LogP contribution is 2.48. The maximum Gasteiger partial charge on any atom is 0.123 e. The van der Waals surface area contributed by atoms with Crippen LogP contribution in [-0.2, 0) is 0 Å². The molecule has 26 heavy (non-hydrogen) atoms. The highest BCUT2D eigenvalue weighted by Gasteiger charge is 2.40. The van der Waals surface area contributed by atoms with Crippen LogP contribution in [-0.4, -0.2) is 42.0 Å². The van der Waals surface area contributed by atoms with E-state index in [1.807, 2.05) is 18.2 Å². The number of nitrogens with zero attached hydrogens (tertiary/aromatic N) is 2. The smallest absolute Gasteiger partial charge is 0.123 e. The molecule has 0 N–H and O–H groups in total. The van der Waals surface area contributed by atoms with Crippen LogP contribution in [0.4, 0.5) is 4.39 Å². The van der Waals surface area contributed by atoms with Crippen LogP contribution in [0.15, 0.2) is 42.5 Å². The summed E-state index contributed by atoms with van der Waals surface area (Å²) in [5.41, 5.74) is 3.81. The Morgan fingerprint density at radius 1 is 1.08 bits per heavy atom. The first-order chi connectivity index (χ1) is 12.3. The monoisotopic (exact) mass is 372 g/mol. The Labute approximate surface area is 160 Å². The van der Waals surface area contributed by atoms with Gasteiger partial charge in [-0.05, 0) is 68.3 Å². The molecule has 2 aromatic carbocycles. The van der Waals surface area contributed by atoms with Gasteiger partial charge in [0.05, 0.1) is 0 Å². The Morgan fingerprint density at radius 2 is 1.88 bits per heavy atom. The molecule has 2 aromatic rings. The molecule has 1 heterocycles. The summed E-state index contributed by atoms with van der Waals surface area (Å²) in [6.07, 6.45) is 0.985. The molecule has 2 unspecified atom stereocenters. The van der Waals surface area contributed by atoms with Crippen molar-refractivity contribution in [3.63, 3.8) is 0 Å². The molecule has 1 fully saturated rings. The SMILES string of the molecule is CN1CCN(C2CC(c3cccc(F)c3)c3ccc(Cl)cc32)CC1(C)C. The fraction of sp³-hybridized carbons (Fsp3) is 0.455. The second-order valence-electron chi connectivity index (χ2n) is 8.34. The molecular formula is C22H26ClFN2. The number of piperazine rings is 1. The van der Waals surface area contributed by atoms with Gasteiger partial charge in [-0.25, -0.2) is 4.39 Å². The second kappa shape index (κ2) is 6.63. The van der Waals surface area contributed by atoms with Gasteiger partial charge in [-0.2, -0.15) is 0 Å². The minimum absolute atomic E-state index is 0.147. The lowest BCUT2D eigenvalue weighted by molar-refractivity contribution is 0.0158.